The van der Waals surface area contributed by atoms with Gasteiger partial charge in [-0.3, -0.25) is 0 Å². The molecule has 136 valence electrons. The van der Waals surface area contributed by atoms with Gasteiger partial charge in [0.1, 0.15) is 18.1 Å². The van der Waals surface area contributed by atoms with Crippen LogP contribution < -0.4 is 10.1 Å². The lowest BCUT2D eigenvalue weighted by molar-refractivity contribution is 0.269. The van der Waals surface area contributed by atoms with E-state index in [0.29, 0.717) is 12.4 Å². The minimum Gasteiger partial charge on any atom is -0.508 e. The molecule has 1 unspecified atom stereocenters. The van der Waals surface area contributed by atoms with Gasteiger partial charge in [0, 0.05) is 24.7 Å². The molecule has 0 heterocycles. The smallest absolute Gasteiger partial charge is 0.125 e. The molecule has 2 N–H and O–H groups in total. The molecule has 0 aliphatic rings. The molecular formula is C21H30N2O2. The zero-order valence-corrected chi connectivity index (χ0v) is 16.0. The number of hydrogen-bond acceptors (Lipinski definition) is 4. The summed E-state index contributed by atoms with van der Waals surface area (Å²) in [5.74, 6) is 1.33. The van der Waals surface area contributed by atoms with Crippen LogP contribution in [0.3, 0.4) is 0 Å². The number of para-hydroxylation sites is 1. The van der Waals surface area contributed by atoms with Crippen molar-refractivity contribution in [2.75, 3.05) is 20.7 Å². The maximum absolute atomic E-state index is 9.96. The SMILES string of the molecule is Cc1cccc(C)c1OCC(C)NCc1ccc(O)c(CN(C)C)c1. The first-order chi connectivity index (χ1) is 11.9. The van der Waals surface area contributed by atoms with Crippen LogP contribution in [0.5, 0.6) is 11.5 Å². The van der Waals surface area contributed by atoms with Crippen LogP contribution in [0, 0.1) is 13.8 Å². The molecule has 2 aromatic carbocycles. The van der Waals surface area contributed by atoms with E-state index < -0.39 is 0 Å². The predicted octanol–water partition coefficient (Wildman–Crippen LogP) is 3.63. The first-order valence-corrected chi connectivity index (χ1v) is 8.74. The molecule has 2 aromatic rings. The summed E-state index contributed by atoms with van der Waals surface area (Å²) in [4.78, 5) is 2.05. The molecule has 0 radical (unpaired) electrons. The van der Waals surface area contributed by atoms with Crippen molar-refractivity contribution in [3.63, 3.8) is 0 Å². The van der Waals surface area contributed by atoms with Crippen molar-refractivity contribution >= 4 is 0 Å². The molecule has 25 heavy (non-hydrogen) atoms. The van der Waals surface area contributed by atoms with Crippen LogP contribution in [0.15, 0.2) is 36.4 Å². The summed E-state index contributed by atoms with van der Waals surface area (Å²) in [5.41, 5.74) is 4.44. The van der Waals surface area contributed by atoms with E-state index in [1.54, 1.807) is 6.07 Å². The van der Waals surface area contributed by atoms with Gasteiger partial charge in [0.05, 0.1) is 0 Å². The van der Waals surface area contributed by atoms with E-state index in [2.05, 4.69) is 50.4 Å². The second kappa shape index (κ2) is 8.88. The van der Waals surface area contributed by atoms with Crippen molar-refractivity contribution in [1.82, 2.24) is 10.2 Å². The Hall–Kier alpha value is -2.04. The van der Waals surface area contributed by atoms with Gasteiger partial charge >= 0.3 is 0 Å². The quantitative estimate of drug-likeness (QED) is 0.769. The third kappa shape index (κ3) is 5.76. The molecule has 0 spiro atoms. The van der Waals surface area contributed by atoms with Crippen LogP contribution in [-0.2, 0) is 13.1 Å². The molecule has 0 aliphatic heterocycles. The van der Waals surface area contributed by atoms with Crippen molar-refractivity contribution in [3.8, 4) is 11.5 Å². The van der Waals surface area contributed by atoms with Gasteiger partial charge in [-0.15, -0.1) is 0 Å². The number of phenolic OH excluding ortho intramolecular Hbond substituents is 1. The lowest BCUT2D eigenvalue weighted by atomic mass is 10.1. The van der Waals surface area contributed by atoms with Gasteiger partial charge in [0.25, 0.3) is 0 Å². The van der Waals surface area contributed by atoms with Crippen molar-refractivity contribution < 1.29 is 9.84 Å². The van der Waals surface area contributed by atoms with Crippen LogP contribution in [0.2, 0.25) is 0 Å². The van der Waals surface area contributed by atoms with E-state index in [0.717, 1.165) is 30.0 Å². The molecule has 0 amide bonds. The number of rotatable bonds is 8. The molecule has 4 heteroatoms. The Balaban J connectivity index is 1.88. The van der Waals surface area contributed by atoms with E-state index in [-0.39, 0.29) is 6.04 Å². The van der Waals surface area contributed by atoms with E-state index in [4.69, 9.17) is 4.74 Å². The number of hydrogen-bond donors (Lipinski definition) is 2. The second-order valence-corrected chi connectivity index (χ2v) is 7.01. The Bertz CT molecular complexity index is 678. The fraction of sp³-hybridized carbons (Fsp3) is 0.429. The first-order valence-electron chi connectivity index (χ1n) is 8.74. The molecule has 0 saturated heterocycles. The van der Waals surface area contributed by atoms with Crippen molar-refractivity contribution in [2.45, 2.75) is 39.9 Å². The molecular weight excluding hydrogens is 312 g/mol. The van der Waals surface area contributed by atoms with Crippen LogP contribution in [0.4, 0.5) is 0 Å². The Morgan fingerprint density at radius 2 is 1.80 bits per heavy atom. The molecule has 1 atom stereocenters. The topological polar surface area (TPSA) is 44.7 Å². The van der Waals surface area contributed by atoms with Gasteiger partial charge in [-0.1, -0.05) is 24.3 Å². The number of phenols is 1. The number of nitrogens with one attached hydrogen (secondary N) is 1. The number of aromatic hydroxyl groups is 1. The highest BCUT2D eigenvalue weighted by molar-refractivity contribution is 5.39. The Kier molecular flexibility index (Phi) is 6.85. The van der Waals surface area contributed by atoms with Crippen LogP contribution >= 0.6 is 0 Å². The highest BCUT2D eigenvalue weighted by atomic mass is 16.5. The molecule has 0 aromatic heterocycles. The largest absolute Gasteiger partial charge is 0.508 e. The fourth-order valence-corrected chi connectivity index (χ4v) is 2.80. The average molecular weight is 342 g/mol. The number of aryl methyl sites for hydroxylation is 2. The highest BCUT2D eigenvalue weighted by Crippen LogP contribution is 2.22. The zero-order chi connectivity index (χ0) is 18.4. The summed E-state index contributed by atoms with van der Waals surface area (Å²) in [6, 6.07) is 12.2. The standard InChI is InChI=1S/C21H30N2O2/c1-15-7-6-8-16(2)21(15)25-14-17(3)22-12-18-9-10-20(24)19(11-18)13-23(4)5/h6-11,17,22,24H,12-14H2,1-5H3. The zero-order valence-electron chi connectivity index (χ0n) is 16.0. The molecule has 2 rings (SSSR count). The molecule has 0 saturated carbocycles. The van der Waals surface area contributed by atoms with Gasteiger partial charge in [-0.25, -0.2) is 0 Å². The van der Waals surface area contributed by atoms with Gasteiger partial charge in [0.2, 0.25) is 0 Å². The van der Waals surface area contributed by atoms with Gasteiger partial charge in [0.15, 0.2) is 0 Å². The number of nitrogens with zero attached hydrogens (tertiary/aromatic N) is 1. The van der Waals surface area contributed by atoms with Crippen molar-refractivity contribution in [3.05, 3.63) is 58.7 Å². The molecule has 0 aliphatic carbocycles. The predicted molar refractivity (Wildman–Crippen MR) is 103 cm³/mol. The maximum atomic E-state index is 9.96. The van der Waals surface area contributed by atoms with Crippen molar-refractivity contribution in [2.24, 2.45) is 0 Å². The minimum atomic E-state index is 0.227. The fourth-order valence-electron chi connectivity index (χ4n) is 2.80. The molecule has 4 nitrogen and oxygen atoms in total. The normalized spacial score (nSPS) is 12.4. The molecule has 0 fully saturated rings. The Morgan fingerprint density at radius 1 is 1.12 bits per heavy atom. The average Bonchev–Trinajstić information content (AvgIpc) is 2.54. The number of ether oxygens (including phenoxy) is 1. The summed E-state index contributed by atoms with van der Waals surface area (Å²) >= 11 is 0. The van der Waals surface area contributed by atoms with Crippen LogP contribution in [-0.4, -0.2) is 36.8 Å². The summed E-state index contributed by atoms with van der Waals surface area (Å²) < 4.78 is 6.00. The summed E-state index contributed by atoms with van der Waals surface area (Å²) in [6.45, 7) is 8.36. The van der Waals surface area contributed by atoms with Gasteiger partial charge in [-0.05, 0) is 63.7 Å². The lowest BCUT2D eigenvalue weighted by Crippen LogP contribution is -2.31. The van der Waals surface area contributed by atoms with E-state index >= 15 is 0 Å². The van der Waals surface area contributed by atoms with Crippen LogP contribution in [0.25, 0.3) is 0 Å². The lowest BCUT2D eigenvalue weighted by Gasteiger charge is -2.18. The number of benzene rings is 2. The van der Waals surface area contributed by atoms with Gasteiger partial charge in [-0.2, -0.15) is 0 Å². The summed E-state index contributed by atoms with van der Waals surface area (Å²) in [5, 5.41) is 13.4. The van der Waals surface area contributed by atoms with Gasteiger partial charge < -0.3 is 20.1 Å². The highest BCUT2D eigenvalue weighted by Gasteiger charge is 2.08. The third-order valence-electron chi connectivity index (χ3n) is 4.17. The molecule has 0 bridgehead atoms. The summed E-state index contributed by atoms with van der Waals surface area (Å²) in [6.07, 6.45) is 0. The maximum Gasteiger partial charge on any atom is 0.125 e. The van der Waals surface area contributed by atoms with E-state index in [9.17, 15) is 5.11 Å². The Morgan fingerprint density at radius 3 is 2.44 bits per heavy atom. The first kappa shape index (κ1) is 19.3. The monoisotopic (exact) mass is 342 g/mol. The van der Waals surface area contributed by atoms with Crippen LogP contribution in [0.1, 0.15) is 29.2 Å². The van der Waals surface area contributed by atoms with Crippen molar-refractivity contribution in [1.29, 1.82) is 0 Å². The minimum absolute atomic E-state index is 0.227. The Labute approximate surface area is 151 Å². The van der Waals surface area contributed by atoms with E-state index in [1.165, 1.54) is 11.1 Å². The second-order valence-electron chi connectivity index (χ2n) is 7.01. The summed E-state index contributed by atoms with van der Waals surface area (Å²) in [7, 11) is 3.99. The third-order valence-corrected chi connectivity index (χ3v) is 4.17. The van der Waals surface area contributed by atoms with E-state index in [1.807, 2.05) is 25.1 Å².